The minimum Gasteiger partial charge on any atom is -0.329 e. The first-order valence-corrected chi connectivity index (χ1v) is 8.46. The van der Waals surface area contributed by atoms with Gasteiger partial charge in [0.25, 0.3) is 0 Å². The van der Waals surface area contributed by atoms with E-state index in [1.807, 2.05) is 0 Å². The van der Waals surface area contributed by atoms with Crippen LogP contribution in [0.3, 0.4) is 0 Å². The molecule has 1 aliphatic heterocycles. The highest BCUT2D eigenvalue weighted by atomic mass is 35.5. The molecular formula is C13H25ClN4O2S. The zero-order valence-electron chi connectivity index (χ0n) is 13.0. The molecule has 0 radical (unpaired) electrons. The quantitative estimate of drug-likeness (QED) is 0.899. The molecule has 1 aromatic rings. The lowest BCUT2D eigenvalue weighted by Gasteiger charge is -2.38. The third-order valence-corrected chi connectivity index (χ3v) is 6.49. The largest absolute Gasteiger partial charge is 0.329 e. The van der Waals surface area contributed by atoms with Gasteiger partial charge in [0, 0.05) is 26.2 Å². The van der Waals surface area contributed by atoms with E-state index in [2.05, 4.69) is 12.0 Å². The minimum atomic E-state index is -3.53. The minimum absolute atomic E-state index is 0. The van der Waals surface area contributed by atoms with Crippen molar-refractivity contribution in [1.29, 1.82) is 0 Å². The van der Waals surface area contributed by atoms with E-state index in [1.165, 1.54) is 0 Å². The van der Waals surface area contributed by atoms with Crippen LogP contribution in [0.1, 0.15) is 31.2 Å². The Bertz CT molecular complexity index is 600. The molecule has 1 aromatic heterocycles. The number of rotatable bonds is 3. The summed E-state index contributed by atoms with van der Waals surface area (Å²) in [6.07, 6.45) is 1.91. The highest BCUT2D eigenvalue weighted by molar-refractivity contribution is 7.89. The summed E-state index contributed by atoms with van der Waals surface area (Å²) in [4.78, 5) is 0.340. The summed E-state index contributed by atoms with van der Waals surface area (Å²) >= 11 is 0. The Balaban J connectivity index is 0.00000220. The van der Waals surface area contributed by atoms with Crippen LogP contribution in [0.2, 0.25) is 0 Å². The van der Waals surface area contributed by atoms with Crippen molar-refractivity contribution in [3.63, 3.8) is 0 Å². The van der Waals surface area contributed by atoms with Crippen LogP contribution in [-0.2, 0) is 17.1 Å². The fourth-order valence-corrected chi connectivity index (χ4v) is 5.28. The van der Waals surface area contributed by atoms with Gasteiger partial charge in [0.15, 0.2) is 0 Å². The number of aromatic nitrogens is 2. The van der Waals surface area contributed by atoms with Gasteiger partial charge in [-0.25, -0.2) is 8.42 Å². The number of hydrogen-bond donors (Lipinski definition) is 1. The SMILES string of the molecule is Cc1nn(C)c(C)c1S(=O)(=O)N1CCCC(C)C1CN.Cl. The number of piperidine rings is 1. The van der Waals surface area contributed by atoms with Crippen LogP contribution >= 0.6 is 12.4 Å². The molecule has 0 amide bonds. The smallest absolute Gasteiger partial charge is 0.247 e. The molecule has 2 rings (SSSR count). The van der Waals surface area contributed by atoms with Crippen LogP contribution in [0.4, 0.5) is 0 Å². The predicted octanol–water partition coefficient (Wildman–Crippen LogP) is 1.21. The fourth-order valence-electron chi connectivity index (χ4n) is 3.10. The summed E-state index contributed by atoms with van der Waals surface area (Å²) < 4.78 is 29.1. The lowest BCUT2D eigenvalue weighted by molar-refractivity contribution is 0.192. The number of halogens is 1. The molecule has 2 unspecified atom stereocenters. The molecule has 1 fully saturated rings. The lowest BCUT2D eigenvalue weighted by atomic mass is 9.93. The molecule has 21 heavy (non-hydrogen) atoms. The van der Waals surface area contributed by atoms with E-state index in [0.717, 1.165) is 12.8 Å². The summed E-state index contributed by atoms with van der Waals surface area (Å²) in [7, 11) is -1.76. The van der Waals surface area contributed by atoms with Gasteiger partial charge in [-0.15, -0.1) is 12.4 Å². The van der Waals surface area contributed by atoms with Crippen molar-refractivity contribution in [2.75, 3.05) is 13.1 Å². The first kappa shape index (κ1) is 18.4. The van der Waals surface area contributed by atoms with Crippen LogP contribution in [0.15, 0.2) is 4.90 Å². The van der Waals surface area contributed by atoms with Gasteiger partial charge in [-0.05, 0) is 32.6 Å². The summed E-state index contributed by atoms with van der Waals surface area (Å²) in [5.41, 5.74) is 7.05. The molecule has 0 saturated carbocycles. The summed E-state index contributed by atoms with van der Waals surface area (Å²) in [6.45, 7) is 6.51. The Morgan fingerprint density at radius 3 is 2.48 bits per heavy atom. The summed E-state index contributed by atoms with van der Waals surface area (Å²) in [5, 5.41) is 4.22. The maximum atomic E-state index is 13.0. The van der Waals surface area contributed by atoms with Gasteiger partial charge in [0.2, 0.25) is 10.0 Å². The van der Waals surface area contributed by atoms with Crippen LogP contribution in [0.5, 0.6) is 0 Å². The first-order valence-electron chi connectivity index (χ1n) is 7.02. The van der Waals surface area contributed by atoms with E-state index in [9.17, 15) is 8.42 Å². The Morgan fingerprint density at radius 2 is 2.00 bits per heavy atom. The van der Waals surface area contributed by atoms with Crippen molar-refractivity contribution >= 4 is 22.4 Å². The van der Waals surface area contributed by atoms with Gasteiger partial charge >= 0.3 is 0 Å². The van der Waals surface area contributed by atoms with E-state index >= 15 is 0 Å². The van der Waals surface area contributed by atoms with Crippen molar-refractivity contribution in [3.05, 3.63) is 11.4 Å². The summed E-state index contributed by atoms with van der Waals surface area (Å²) in [6, 6.07) is -0.118. The number of nitrogens with zero attached hydrogens (tertiary/aromatic N) is 3. The lowest BCUT2D eigenvalue weighted by Crippen LogP contribution is -2.51. The maximum absolute atomic E-state index is 13.0. The molecule has 6 nitrogen and oxygen atoms in total. The molecule has 122 valence electrons. The molecule has 1 aliphatic rings. The van der Waals surface area contributed by atoms with Crippen molar-refractivity contribution in [2.24, 2.45) is 18.7 Å². The molecule has 0 aromatic carbocycles. The molecule has 8 heteroatoms. The average Bonchev–Trinajstić information content (AvgIpc) is 2.63. The number of hydrogen-bond acceptors (Lipinski definition) is 4. The Kier molecular flexibility index (Phi) is 5.83. The fraction of sp³-hybridized carbons (Fsp3) is 0.769. The maximum Gasteiger partial charge on any atom is 0.247 e. The highest BCUT2D eigenvalue weighted by Gasteiger charge is 2.38. The molecule has 0 bridgehead atoms. The number of aryl methyl sites for hydroxylation is 2. The Hall–Kier alpha value is -0.630. The molecular weight excluding hydrogens is 312 g/mol. The monoisotopic (exact) mass is 336 g/mol. The van der Waals surface area contributed by atoms with Gasteiger partial charge in [-0.3, -0.25) is 4.68 Å². The van der Waals surface area contributed by atoms with Crippen LogP contribution in [-0.4, -0.2) is 41.6 Å². The van der Waals surface area contributed by atoms with Gasteiger partial charge in [0.05, 0.1) is 11.4 Å². The van der Waals surface area contributed by atoms with E-state index < -0.39 is 10.0 Å². The standard InChI is InChI=1S/C13H24N4O2S.ClH/c1-9-6-5-7-17(12(9)8-14)20(18,19)13-10(2)15-16(4)11(13)3;/h9,12H,5-8,14H2,1-4H3;1H. The van der Waals surface area contributed by atoms with Crippen LogP contribution in [0.25, 0.3) is 0 Å². The Morgan fingerprint density at radius 1 is 1.38 bits per heavy atom. The third-order valence-electron chi connectivity index (χ3n) is 4.32. The zero-order chi connectivity index (χ0) is 15.1. The first-order chi connectivity index (χ1) is 9.30. The summed E-state index contributed by atoms with van der Waals surface area (Å²) in [5.74, 6) is 0.292. The topological polar surface area (TPSA) is 81.2 Å². The second-order valence-corrected chi connectivity index (χ2v) is 7.49. The van der Waals surface area contributed by atoms with E-state index in [4.69, 9.17) is 5.73 Å². The molecule has 2 atom stereocenters. The zero-order valence-corrected chi connectivity index (χ0v) is 14.7. The highest BCUT2D eigenvalue weighted by Crippen LogP contribution is 2.31. The predicted molar refractivity (Wildman–Crippen MR) is 85.1 cm³/mol. The molecule has 2 N–H and O–H groups in total. The van der Waals surface area contributed by atoms with E-state index in [1.54, 1.807) is 29.9 Å². The van der Waals surface area contributed by atoms with Gasteiger partial charge in [0.1, 0.15) is 4.90 Å². The average molecular weight is 337 g/mol. The van der Waals surface area contributed by atoms with E-state index in [0.29, 0.717) is 35.3 Å². The van der Waals surface area contributed by atoms with Gasteiger partial charge in [-0.2, -0.15) is 9.40 Å². The number of sulfonamides is 1. The number of nitrogens with two attached hydrogens (primary N) is 1. The molecule has 0 spiro atoms. The molecule has 2 heterocycles. The second kappa shape index (κ2) is 6.64. The Labute approximate surface area is 133 Å². The molecule has 1 saturated heterocycles. The normalized spacial score (nSPS) is 23.9. The van der Waals surface area contributed by atoms with Gasteiger partial charge in [-0.1, -0.05) is 6.92 Å². The van der Waals surface area contributed by atoms with Crippen LogP contribution < -0.4 is 5.73 Å². The van der Waals surface area contributed by atoms with Crippen molar-refractivity contribution in [1.82, 2.24) is 14.1 Å². The third kappa shape index (κ3) is 3.11. The van der Waals surface area contributed by atoms with Crippen LogP contribution in [0, 0.1) is 19.8 Å². The van der Waals surface area contributed by atoms with Crippen molar-refractivity contribution in [2.45, 2.75) is 44.6 Å². The second-order valence-electron chi connectivity index (χ2n) is 5.66. The van der Waals surface area contributed by atoms with Crippen molar-refractivity contribution < 1.29 is 8.42 Å². The van der Waals surface area contributed by atoms with Gasteiger partial charge < -0.3 is 5.73 Å². The van der Waals surface area contributed by atoms with Crippen molar-refractivity contribution in [3.8, 4) is 0 Å². The molecule has 0 aliphatic carbocycles. The van der Waals surface area contributed by atoms with E-state index in [-0.39, 0.29) is 18.4 Å².